The molecule has 2 saturated carbocycles. The molecule has 7 heteroatoms. The second-order valence-corrected chi connectivity index (χ2v) is 15.0. The van der Waals surface area contributed by atoms with Crippen molar-refractivity contribution in [1.29, 1.82) is 0 Å². The van der Waals surface area contributed by atoms with Gasteiger partial charge >= 0.3 is 0 Å². The summed E-state index contributed by atoms with van der Waals surface area (Å²) in [5.41, 5.74) is 17.8. The Morgan fingerprint density at radius 1 is 0.886 bits per heavy atom. The predicted molar refractivity (Wildman–Crippen MR) is 175 cm³/mol. The summed E-state index contributed by atoms with van der Waals surface area (Å²) < 4.78 is 0. The Morgan fingerprint density at radius 3 is 2.32 bits per heavy atom. The molecule has 44 heavy (non-hydrogen) atoms. The number of fused-ring (bicyclic) bond motifs is 6. The van der Waals surface area contributed by atoms with Gasteiger partial charge in [0.05, 0.1) is 13.1 Å². The van der Waals surface area contributed by atoms with Gasteiger partial charge in [-0.3, -0.25) is 14.4 Å². The van der Waals surface area contributed by atoms with Crippen molar-refractivity contribution in [3.8, 4) is 0 Å². The molecule has 0 radical (unpaired) electrons. The molecule has 2 fully saturated rings. The fourth-order valence-corrected chi connectivity index (χ4v) is 10.2. The summed E-state index contributed by atoms with van der Waals surface area (Å²) in [4.78, 5) is 42.3. The van der Waals surface area contributed by atoms with Gasteiger partial charge < -0.3 is 21.7 Å². The van der Waals surface area contributed by atoms with Gasteiger partial charge in [-0.25, -0.2) is 0 Å². The summed E-state index contributed by atoms with van der Waals surface area (Å²) in [6, 6.07) is 12.5. The predicted octanol–water partition coefficient (Wildman–Crippen LogP) is 5.52. The summed E-state index contributed by atoms with van der Waals surface area (Å²) in [5.74, 6) is 0.450. The van der Waals surface area contributed by atoms with Crippen molar-refractivity contribution in [2.75, 3.05) is 31.2 Å². The summed E-state index contributed by atoms with van der Waals surface area (Å²) in [6.07, 6.45) is 9.58. The van der Waals surface area contributed by atoms with Crippen molar-refractivity contribution >= 4 is 29.0 Å². The standard InChI is InChI=1S/C37H50N4O3/c1-35-16-5-7-27(28(35)14-10-23-8-12-25(39)19-29(23)35)34(44)41(4)22-32(42)37(3)18-6-17-36(2)30-20-26(40-33(43)21-38)13-9-24(30)11-15-31(36)37/h8-9,12-13,19-20,27-28,31H,5-7,10-11,14-18,21-22,38-39H2,1-4H3,(H,40,43)/t27?,28?,31?,35?,36?,37-/m0/s1. The van der Waals surface area contributed by atoms with Crippen molar-refractivity contribution < 1.29 is 14.4 Å². The number of nitrogens with two attached hydrogens (primary N) is 2. The van der Waals surface area contributed by atoms with Crippen molar-refractivity contribution in [3.63, 3.8) is 0 Å². The van der Waals surface area contributed by atoms with Gasteiger partial charge in [-0.2, -0.15) is 0 Å². The van der Waals surface area contributed by atoms with Crippen LogP contribution < -0.4 is 16.8 Å². The number of benzene rings is 2. The zero-order chi connectivity index (χ0) is 31.4. The molecule has 4 aliphatic rings. The number of anilines is 2. The van der Waals surface area contributed by atoms with Crippen molar-refractivity contribution in [2.45, 2.75) is 95.8 Å². The van der Waals surface area contributed by atoms with E-state index < -0.39 is 5.41 Å². The summed E-state index contributed by atoms with van der Waals surface area (Å²) >= 11 is 0. The first-order chi connectivity index (χ1) is 20.9. The molecule has 6 rings (SSSR count). The fraction of sp³-hybridized carbons (Fsp3) is 0.595. The molecule has 0 bridgehead atoms. The third-order valence-corrected chi connectivity index (χ3v) is 12.5. The van der Waals surface area contributed by atoms with E-state index in [1.54, 1.807) is 4.90 Å². The van der Waals surface area contributed by atoms with Crippen LogP contribution in [0.3, 0.4) is 0 Å². The van der Waals surface area contributed by atoms with Crippen LogP contribution in [0.2, 0.25) is 0 Å². The fourth-order valence-electron chi connectivity index (χ4n) is 10.2. The lowest BCUT2D eigenvalue weighted by Crippen LogP contribution is -2.55. The first-order valence-electron chi connectivity index (χ1n) is 16.7. The van der Waals surface area contributed by atoms with E-state index in [0.717, 1.165) is 75.6 Å². The Balaban J connectivity index is 1.21. The van der Waals surface area contributed by atoms with E-state index in [0.29, 0.717) is 0 Å². The highest BCUT2D eigenvalue weighted by atomic mass is 16.2. The van der Waals surface area contributed by atoms with E-state index >= 15 is 0 Å². The number of rotatable bonds is 6. The smallest absolute Gasteiger partial charge is 0.238 e. The average Bonchev–Trinajstić information content (AvgIpc) is 3.00. The second-order valence-electron chi connectivity index (χ2n) is 15.0. The average molecular weight is 599 g/mol. The lowest BCUT2D eigenvalue weighted by molar-refractivity contribution is -0.147. The molecule has 0 aromatic heterocycles. The number of hydrogen-bond donors (Lipinski definition) is 3. The topological polar surface area (TPSA) is 119 Å². The molecule has 0 aliphatic heterocycles. The maximum atomic E-state index is 14.3. The number of nitrogens with one attached hydrogen (secondary N) is 1. The summed E-state index contributed by atoms with van der Waals surface area (Å²) in [5, 5.41) is 2.92. The van der Waals surface area contributed by atoms with Crippen LogP contribution in [-0.2, 0) is 38.1 Å². The van der Waals surface area contributed by atoms with E-state index in [1.807, 2.05) is 19.2 Å². The molecule has 5 unspecified atom stereocenters. The molecule has 7 nitrogen and oxygen atoms in total. The van der Waals surface area contributed by atoms with Gasteiger partial charge in [0, 0.05) is 29.8 Å². The molecule has 236 valence electrons. The molecule has 2 aromatic rings. The van der Waals surface area contributed by atoms with Crippen molar-refractivity contribution in [2.24, 2.45) is 28.9 Å². The number of amides is 2. The molecule has 2 amide bonds. The van der Waals surface area contributed by atoms with E-state index in [1.165, 1.54) is 22.3 Å². The quantitative estimate of drug-likeness (QED) is 0.378. The number of Topliss-reactive ketones (excluding diaryl/α,β-unsaturated/α-hetero) is 1. The highest BCUT2D eigenvalue weighted by Crippen LogP contribution is 2.58. The van der Waals surface area contributed by atoms with Gasteiger partial charge in [-0.1, -0.05) is 45.7 Å². The van der Waals surface area contributed by atoms with Gasteiger partial charge in [0.1, 0.15) is 0 Å². The molecule has 6 atom stereocenters. The lowest BCUT2D eigenvalue weighted by Gasteiger charge is -2.55. The van der Waals surface area contributed by atoms with E-state index in [2.05, 4.69) is 50.4 Å². The minimum absolute atomic E-state index is 0.0570. The highest BCUT2D eigenvalue weighted by Gasteiger charge is 2.55. The third-order valence-electron chi connectivity index (χ3n) is 12.5. The number of aryl methyl sites for hydroxylation is 2. The number of ketones is 1. The van der Waals surface area contributed by atoms with Gasteiger partial charge in [-0.05, 0) is 121 Å². The van der Waals surface area contributed by atoms with Crippen LogP contribution in [0.5, 0.6) is 0 Å². The summed E-state index contributed by atoms with van der Waals surface area (Å²) in [7, 11) is 1.84. The van der Waals surface area contributed by atoms with Crippen LogP contribution in [0.4, 0.5) is 11.4 Å². The number of nitrogen functional groups attached to an aromatic ring is 1. The van der Waals surface area contributed by atoms with E-state index in [4.69, 9.17) is 11.5 Å². The Morgan fingerprint density at radius 2 is 1.57 bits per heavy atom. The van der Waals surface area contributed by atoms with E-state index in [9.17, 15) is 14.4 Å². The van der Waals surface area contributed by atoms with Crippen LogP contribution in [0.15, 0.2) is 36.4 Å². The van der Waals surface area contributed by atoms with Crippen LogP contribution in [0.25, 0.3) is 0 Å². The van der Waals surface area contributed by atoms with Crippen molar-refractivity contribution in [1.82, 2.24) is 4.90 Å². The highest BCUT2D eigenvalue weighted by molar-refractivity contribution is 5.93. The minimum Gasteiger partial charge on any atom is -0.399 e. The Kier molecular flexibility index (Phi) is 7.92. The van der Waals surface area contributed by atoms with Gasteiger partial charge in [0.15, 0.2) is 5.78 Å². The number of carbonyl (C=O) groups is 3. The first-order valence-corrected chi connectivity index (χ1v) is 16.7. The molecule has 0 saturated heterocycles. The molecular formula is C37H50N4O3. The molecule has 0 spiro atoms. The number of nitrogens with zero attached hydrogens (tertiary/aromatic N) is 1. The zero-order valence-electron chi connectivity index (χ0n) is 27.0. The van der Waals surface area contributed by atoms with E-state index in [-0.39, 0.29) is 59.3 Å². The Hall–Kier alpha value is -3.19. The largest absolute Gasteiger partial charge is 0.399 e. The summed E-state index contributed by atoms with van der Waals surface area (Å²) in [6.45, 7) is 6.89. The number of carbonyl (C=O) groups excluding carboxylic acids is 3. The Labute approximate surface area is 262 Å². The van der Waals surface area contributed by atoms with Crippen LogP contribution in [-0.4, -0.2) is 42.6 Å². The second kappa shape index (κ2) is 11.3. The zero-order valence-corrected chi connectivity index (χ0v) is 27.0. The van der Waals surface area contributed by atoms with Gasteiger partial charge in [0.25, 0.3) is 0 Å². The SMILES string of the molecule is CN(CC(=O)[C@@]1(C)CCCC2(C)c3cc(NC(=O)CN)ccc3CCC21)C(=O)C1CCCC2(C)c3cc(N)ccc3CCC12. The molecular weight excluding hydrogens is 548 g/mol. The maximum Gasteiger partial charge on any atom is 0.238 e. The van der Waals surface area contributed by atoms with Crippen LogP contribution in [0.1, 0.15) is 94.4 Å². The minimum atomic E-state index is -0.516. The molecule has 2 aromatic carbocycles. The third kappa shape index (κ3) is 4.96. The number of likely N-dealkylation sites (N-methyl/N-ethyl adjacent to an activating group) is 1. The van der Waals surface area contributed by atoms with Crippen LogP contribution in [0, 0.1) is 23.2 Å². The van der Waals surface area contributed by atoms with Gasteiger partial charge in [-0.15, -0.1) is 0 Å². The molecule has 4 aliphatic carbocycles. The molecule has 0 heterocycles. The number of hydrogen-bond acceptors (Lipinski definition) is 5. The maximum absolute atomic E-state index is 14.3. The molecule has 5 N–H and O–H groups in total. The van der Waals surface area contributed by atoms with Crippen LogP contribution >= 0.6 is 0 Å². The Bertz CT molecular complexity index is 1490. The monoisotopic (exact) mass is 598 g/mol. The van der Waals surface area contributed by atoms with Crippen molar-refractivity contribution in [3.05, 3.63) is 58.7 Å². The first kappa shape index (κ1) is 30.8. The lowest BCUT2D eigenvalue weighted by atomic mass is 9.49. The van der Waals surface area contributed by atoms with Gasteiger partial charge in [0.2, 0.25) is 11.8 Å². The normalized spacial score (nSPS) is 32.3.